The van der Waals surface area contributed by atoms with Crippen molar-refractivity contribution >= 4 is 11.8 Å². The highest BCUT2D eigenvalue weighted by atomic mass is 16.2. The van der Waals surface area contributed by atoms with E-state index in [0.29, 0.717) is 12.5 Å². The molecule has 0 spiro atoms. The van der Waals surface area contributed by atoms with E-state index in [2.05, 4.69) is 5.32 Å². The van der Waals surface area contributed by atoms with Crippen molar-refractivity contribution < 1.29 is 9.59 Å². The van der Waals surface area contributed by atoms with E-state index in [1.54, 1.807) is 0 Å². The molecule has 3 fully saturated rings. The van der Waals surface area contributed by atoms with Crippen LogP contribution in [-0.4, -0.2) is 18.4 Å². The van der Waals surface area contributed by atoms with E-state index >= 15 is 0 Å². The Bertz CT molecular complexity index is 370. The van der Waals surface area contributed by atoms with Crippen LogP contribution in [0, 0.1) is 23.2 Å². The van der Waals surface area contributed by atoms with Gasteiger partial charge in [-0.3, -0.25) is 9.59 Å². The largest absolute Gasteiger partial charge is 0.369 e. The fourth-order valence-corrected chi connectivity index (χ4v) is 3.51. The lowest BCUT2D eigenvalue weighted by atomic mass is 9.85. The summed E-state index contributed by atoms with van der Waals surface area (Å²) in [5, 5.41) is 2.98. The maximum absolute atomic E-state index is 12.0. The highest BCUT2D eigenvalue weighted by Gasteiger charge is 2.51. The van der Waals surface area contributed by atoms with Crippen LogP contribution < -0.4 is 11.1 Å². The summed E-state index contributed by atoms with van der Waals surface area (Å²) >= 11 is 0. The summed E-state index contributed by atoms with van der Waals surface area (Å²) in [5.74, 6) is 1.59. The first-order chi connectivity index (χ1) is 8.62. The number of nitrogens with two attached hydrogens (primary N) is 1. The second-order valence-electron chi connectivity index (χ2n) is 6.41. The zero-order chi connectivity index (χ0) is 12.8. The Morgan fingerprint density at radius 2 is 1.89 bits per heavy atom. The lowest BCUT2D eigenvalue weighted by Crippen LogP contribution is -2.45. The van der Waals surface area contributed by atoms with Crippen LogP contribution in [0.2, 0.25) is 0 Å². The standard InChI is InChI=1S/C14H22N2O2/c15-13(18)14(5-1-2-6-14)8-16-12(17)11-7-10(11)9-3-4-9/h9-11H,1-8H2,(H2,15,18)(H,16,17)/t10-,11-/m0/s1. The van der Waals surface area contributed by atoms with Gasteiger partial charge in [-0.1, -0.05) is 12.8 Å². The predicted octanol–water partition coefficient (Wildman–Crippen LogP) is 1.19. The van der Waals surface area contributed by atoms with E-state index in [4.69, 9.17) is 5.73 Å². The highest BCUT2D eigenvalue weighted by molar-refractivity contribution is 5.84. The average Bonchev–Trinajstić information content (AvgIpc) is 3.22. The topological polar surface area (TPSA) is 72.2 Å². The Morgan fingerprint density at radius 1 is 1.22 bits per heavy atom. The molecule has 4 heteroatoms. The number of hydrogen-bond acceptors (Lipinski definition) is 2. The molecule has 0 heterocycles. The first-order valence-corrected chi connectivity index (χ1v) is 7.20. The van der Waals surface area contributed by atoms with Crippen LogP contribution in [-0.2, 0) is 9.59 Å². The molecule has 3 saturated carbocycles. The molecule has 2 atom stereocenters. The minimum Gasteiger partial charge on any atom is -0.369 e. The van der Waals surface area contributed by atoms with Crippen LogP contribution in [0.5, 0.6) is 0 Å². The molecule has 3 aliphatic carbocycles. The first-order valence-electron chi connectivity index (χ1n) is 7.20. The van der Waals surface area contributed by atoms with Gasteiger partial charge in [-0.05, 0) is 43.9 Å². The lowest BCUT2D eigenvalue weighted by Gasteiger charge is -2.25. The third-order valence-corrected chi connectivity index (χ3v) is 5.09. The summed E-state index contributed by atoms with van der Waals surface area (Å²) in [4.78, 5) is 23.6. The normalized spacial score (nSPS) is 33.1. The van der Waals surface area contributed by atoms with Gasteiger partial charge < -0.3 is 11.1 Å². The van der Waals surface area contributed by atoms with Crippen LogP contribution in [0.3, 0.4) is 0 Å². The van der Waals surface area contributed by atoms with Crippen LogP contribution in [0.1, 0.15) is 44.9 Å². The van der Waals surface area contributed by atoms with E-state index in [1.807, 2.05) is 0 Å². The van der Waals surface area contributed by atoms with Crippen LogP contribution >= 0.6 is 0 Å². The zero-order valence-corrected chi connectivity index (χ0v) is 10.8. The molecule has 3 rings (SSSR count). The second-order valence-corrected chi connectivity index (χ2v) is 6.41. The Labute approximate surface area is 108 Å². The molecule has 100 valence electrons. The Balaban J connectivity index is 1.50. The molecule has 0 unspecified atom stereocenters. The average molecular weight is 250 g/mol. The zero-order valence-electron chi connectivity index (χ0n) is 10.8. The lowest BCUT2D eigenvalue weighted by molar-refractivity contribution is -0.128. The van der Waals surface area contributed by atoms with Crippen molar-refractivity contribution in [1.29, 1.82) is 0 Å². The van der Waals surface area contributed by atoms with Gasteiger partial charge in [-0.25, -0.2) is 0 Å². The van der Waals surface area contributed by atoms with Crippen molar-refractivity contribution in [3.05, 3.63) is 0 Å². The minimum atomic E-state index is -0.459. The first kappa shape index (κ1) is 12.0. The number of amides is 2. The van der Waals surface area contributed by atoms with Crippen molar-refractivity contribution in [2.24, 2.45) is 28.9 Å². The summed E-state index contributed by atoms with van der Waals surface area (Å²) < 4.78 is 0. The molecule has 0 aromatic heterocycles. The van der Waals surface area contributed by atoms with Crippen LogP contribution in [0.15, 0.2) is 0 Å². The van der Waals surface area contributed by atoms with E-state index in [0.717, 1.165) is 38.0 Å². The fraction of sp³-hybridized carbons (Fsp3) is 0.857. The predicted molar refractivity (Wildman–Crippen MR) is 67.4 cm³/mol. The molecular weight excluding hydrogens is 228 g/mol. The molecular formula is C14H22N2O2. The van der Waals surface area contributed by atoms with Crippen molar-refractivity contribution in [3.63, 3.8) is 0 Å². The number of primary amides is 1. The van der Waals surface area contributed by atoms with Crippen molar-refractivity contribution in [2.75, 3.05) is 6.54 Å². The minimum absolute atomic E-state index is 0.152. The molecule has 3 aliphatic rings. The quantitative estimate of drug-likeness (QED) is 0.769. The maximum Gasteiger partial charge on any atom is 0.225 e. The molecule has 0 bridgehead atoms. The van der Waals surface area contributed by atoms with Gasteiger partial charge in [0.2, 0.25) is 11.8 Å². The molecule has 4 nitrogen and oxygen atoms in total. The molecule has 2 amide bonds. The number of rotatable bonds is 5. The van der Waals surface area contributed by atoms with Crippen LogP contribution in [0.4, 0.5) is 0 Å². The number of carbonyl (C=O) groups excluding carboxylic acids is 2. The summed E-state index contributed by atoms with van der Waals surface area (Å²) in [6.07, 6.45) is 7.43. The molecule has 0 aliphatic heterocycles. The summed E-state index contributed by atoms with van der Waals surface area (Å²) in [6, 6.07) is 0. The van der Waals surface area contributed by atoms with Gasteiger partial charge in [0, 0.05) is 12.5 Å². The monoisotopic (exact) mass is 250 g/mol. The molecule has 0 aromatic carbocycles. The van der Waals surface area contributed by atoms with Gasteiger partial charge >= 0.3 is 0 Å². The fourth-order valence-electron chi connectivity index (χ4n) is 3.51. The van der Waals surface area contributed by atoms with E-state index in [9.17, 15) is 9.59 Å². The third-order valence-electron chi connectivity index (χ3n) is 5.09. The van der Waals surface area contributed by atoms with Crippen molar-refractivity contribution in [3.8, 4) is 0 Å². The second kappa shape index (κ2) is 4.25. The van der Waals surface area contributed by atoms with Gasteiger partial charge in [0.15, 0.2) is 0 Å². The Kier molecular flexibility index (Phi) is 2.83. The molecule has 0 saturated heterocycles. The number of nitrogens with one attached hydrogen (secondary N) is 1. The summed E-state index contributed by atoms with van der Waals surface area (Å²) in [5.41, 5.74) is 5.05. The highest BCUT2D eigenvalue weighted by Crippen LogP contribution is 2.54. The number of hydrogen-bond donors (Lipinski definition) is 2. The van der Waals surface area contributed by atoms with Crippen LogP contribution in [0.25, 0.3) is 0 Å². The number of carbonyl (C=O) groups is 2. The molecule has 18 heavy (non-hydrogen) atoms. The maximum atomic E-state index is 12.0. The summed E-state index contributed by atoms with van der Waals surface area (Å²) in [6.45, 7) is 0.453. The molecule has 0 aromatic rings. The van der Waals surface area contributed by atoms with Gasteiger partial charge in [0.05, 0.1) is 5.41 Å². The van der Waals surface area contributed by atoms with Gasteiger partial charge in [-0.2, -0.15) is 0 Å². The smallest absolute Gasteiger partial charge is 0.225 e. The van der Waals surface area contributed by atoms with Crippen molar-refractivity contribution in [1.82, 2.24) is 5.32 Å². The van der Waals surface area contributed by atoms with Gasteiger partial charge in [0.1, 0.15) is 0 Å². The molecule has 3 N–H and O–H groups in total. The summed E-state index contributed by atoms with van der Waals surface area (Å²) in [7, 11) is 0. The van der Waals surface area contributed by atoms with Crippen molar-refractivity contribution in [2.45, 2.75) is 44.9 Å². The van der Waals surface area contributed by atoms with E-state index < -0.39 is 5.41 Å². The van der Waals surface area contributed by atoms with E-state index in [-0.39, 0.29) is 17.7 Å². The van der Waals surface area contributed by atoms with Gasteiger partial charge in [0.25, 0.3) is 0 Å². The third kappa shape index (κ3) is 2.13. The van der Waals surface area contributed by atoms with E-state index in [1.165, 1.54) is 12.8 Å². The van der Waals surface area contributed by atoms with Gasteiger partial charge in [-0.15, -0.1) is 0 Å². The Morgan fingerprint density at radius 3 is 2.44 bits per heavy atom. The Hall–Kier alpha value is -1.06. The SMILES string of the molecule is NC(=O)C1(CNC(=O)[C@H]2C[C@H]2C2CC2)CCCC1. The molecule has 0 radical (unpaired) electrons.